The number of nitrogens with zero attached hydrogens (tertiary/aromatic N) is 1. The minimum atomic E-state index is -0.576. The van der Waals surface area contributed by atoms with E-state index in [1.807, 2.05) is 23.9 Å². The number of carbonyl (C=O) groups is 2. The molecule has 1 saturated carbocycles. The largest absolute Gasteiger partial charge is 0.490 e. The number of thioether (sulfide) groups is 1. The first kappa shape index (κ1) is 30.6. The van der Waals surface area contributed by atoms with Crippen molar-refractivity contribution in [2.24, 2.45) is 0 Å². The van der Waals surface area contributed by atoms with Gasteiger partial charge in [-0.25, -0.2) is 9.37 Å². The molecule has 0 spiro atoms. The summed E-state index contributed by atoms with van der Waals surface area (Å²) in [5, 5.41) is 6.14. The molecule has 1 aromatic heterocycles. The van der Waals surface area contributed by atoms with E-state index in [-0.39, 0.29) is 47.7 Å². The second-order valence-electron chi connectivity index (χ2n) is 10.9. The zero-order valence-electron chi connectivity index (χ0n) is 23.9. The Balaban J connectivity index is 1.08. The fourth-order valence-electron chi connectivity index (χ4n) is 5.50. The molecule has 2 amide bonds. The monoisotopic (exact) mass is 601 g/mol. The Bertz CT molecular complexity index is 1180. The number of benzene rings is 1. The van der Waals surface area contributed by atoms with Gasteiger partial charge in [0.15, 0.2) is 6.29 Å². The van der Waals surface area contributed by atoms with E-state index in [1.54, 1.807) is 12.1 Å². The van der Waals surface area contributed by atoms with Crippen LogP contribution in [0.1, 0.15) is 78.5 Å². The average molecular weight is 602 g/mol. The van der Waals surface area contributed by atoms with Crippen LogP contribution in [0.25, 0.3) is 0 Å². The van der Waals surface area contributed by atoms with Crippen LogP contribution in [-0.4, -0.2) is 72.6 Å². The Kier molecular flexibility index (Phi) is 11.3. The van der Waals surface area contributed by atoms with Crippen LogP contribution in [0, 0.1) is 5.82 Å². The van der Waals surface area contributed by atoms with Crippen molar-refractivity contribution >= 4 is 23.6 Å². The predicted molar refractivity (Wildman–Crippen MR) is 158 cm³/mol. The second-order valence-corrected chi connectivity index (χ2v) is 12.2. The van der Waals surface area contributed by atoms with E-state index in [0.29, 0.717) is 50.2 Å². The van der Waals surface area contributed by atoms with Crippen molar-refractivity contribution in [3.63, 3.8) is 0 Å². The molecular formula is C31H40FN3O6S. The third kappa shape index (κ3) is 8.81. The lowest BCUT2D eigenvalue weighted by Crippen LogP contribution is -2.44. The summed E-state index contributed by atoms with van der Waals surface area (Å²) in [5.41, 5.74) is 0.599. The summed E-state index contributed by atoms with van der Waals surface area (Å²) in [4.78, 5) is 30.3. The van der Waals surface area contributed by atoms with Crippen LogP contribution >= 0.6 is 11.8 Å². The number of para-hydroxylation sites is 1. The number of amides is 2. The van der Waals surface area contributed by atoms with Crippen molar-refractivity contribution < 1.29 is 32.9 Å². The number of hydrogen-bond acceptors (Lipinski definition) is 8. The number of hydrogen-bond donors (Lipinski definition) is 2. The summed E-state index contributed by atoms with van der Waals surface area (Å²) in [6.07, 6.45) is 8.49. The molecule has 1 aliphatic carbocycles. The smallest absolute Gasteiger partial charge is 0.257 e. The summed E-state index contributed by atoms with van der Waals surface area (Å²) in [5.74, 6) is 1.53. The Morgan fingerprint density at radius 2 is 1.64 bits per heavy atom. The molecule has 2 saturated heterocycles. The highest BCUT2D eigenvalue weighted by atomic mass is 32.2. The highest BCUT2D eigenvalue weighted by Gasteiger charge is 2.27. The van der Waals surface area contributed by atoms with Gasteiger partial charge in [-0.1, -0.05) is 12.1 Å². The molecule has 0 bridgehead atoms. The van der Waals surface area contributed by atoms with E-state index in [0.717, 1.165) is 56.4 Å². The zero-order valence-corrected chi connectivity index (χ0v) is 24.7. The molecule has 2 N–H and O–H groups in total. The third-order valence-electron chi connectivity index (χ3n) is 7.82. The molecule has 11 heteroatoms. The molecule has 2 aliphatic heterocycles. The molecule has 9 nitrogen and oxygen atoms in total. The van der Waals surface area contributed by atoms with Crippen LogP contribution in [0.2, 0.25) is 0 Å². The zero-order chi connectivity index (χ0) is 29.1. The standard InChI is InChI=1S/C31H40FN3O6S/c32-21-19-26(31(33-20-21)41-24-12-17-42-18-13-24)30(37)35-23-10-8-22(9-11-23)34-29(36)25-5-1-2-6-27(25)38-15-16-40-28-7-3-4-14-39-28/h1-2,5-6,19-20,22-24,28H,3-4,7-18H2,(H,34,36)(H,35,37)/t22-,23+,28?. The van der Waals surface area contributed by atoms with Crippen LogP contribution < -0.4 is 20.1 Å². The minimum absolute atomic E-state index is 0.0187. The van der Waals surface area contributed by atoms with E-state index in [9.17, 15) is 14.0 Å². The van der Waals surface area contributed by atoms with Gasteiger partial charge in [0.1, 0.15) is 29.8 Å². The van der Waals surface area contributed by atoms with Gasteiger partial charge in [0.2, 0.25) is 5.88 Å². The summed E-state index contributed by atoms with van der Waals surface area (Å²) >= 11 is 1.88. The lowest BCUT2D eigenvalue weighted by Gasteiger charge is -2.30. The summed E-state index contributed by atoms with van der Waals surface area (Å²) in [7, 11) is 0. The number of nitrogens with one attached hydrogen (secondary N) is 2. The molecule has 1 atom stereocenters. The fraction of sp³-hybridized carbons (Fsp3) is 0.581. The average Bonchev–Trinajstić information content (AvgIpc) is 3.02. The van der Waals surface area contributed by atoms with Crippen molar-refractivity contribution in [3.05, 3.63) is 53.5 Å². The number of ether oxygens (including phenoxy) is 4. The Morgan fingerprint density at radius 3 is 2.36 bits per heavy atom. The van der Waals surface area contributed by atoms with Gasteiger partial charge < -0.3 is 29.6 Å². The lowest BCUT2D eigenvalue weighted by atomic mass is 9.90. The SMILES string of the molecule is O=C(N[C@H]1CC[C@@H](NC(=O)c2cc(F)cnc2OC2CCSCC2)CC1)c1ccccc1OCCOC1CCCCO1. The quantitative estimate of drug-likeness (QED) is 0.351. The normalized spacial score (nSPS) is 23.1. The van der Waals surface area contributed by atoms with Crippen molar-refractivity contribution in [1.29, 1.82) is 0 Å². The number of halogens is 1. The molecule has 0 radical (unpaired) electrons. The van der Waals surface area contributed by atoms with E-state index >= 15 is 0 Å². The molecule has 1 aromatic carbocycles. The van der Waals surface area contributed by atoms with Crippen LogP contribution in [0.3, 0.4) is 0 Å². The van der Waals surface area contributed by atoms with Crippen molar-refractivity contribution in [3.8, 4) is 11.6 Å². The van der Waals surface area contributed by atoms with Crippen molar-refractivity contribution in [2.45, 2.75) is 82.3 Å². The van der Waals surface area contributed by atoms with E-state index in [4.69, 9.17) is 18.9 Å². The molecule has 5 rings (SSSR count). The lowest BCUT2D eigenvalue weighted by molar-refractivity contribution is -0.165. The fourth-order valence-corrected chi connectivity index (χ4v) is 6.56. The summed E-state index contributed by atoms with van der Waals surface area (Å²) < 4.78 is 37.2. The maximum Gasteiger partial charge on any atom is 0.257 e. The highest BCUT2D eigenvalue weighted by molar-refractivity contribution is 7.99. The van der Waals surface area contributed by atoms with Gasteiger partial charge in [0.05, 0.1) is 18.4 Å². The first-order valence-electron chi connectivity index (χ1n) is 15.0. The maximum absolute atomic E-state index is 14.0. The van der Waals surface area contributed by atoms with E-state index in [1.165, 1.54) is 6.07 Å². The molecule has 3 fully saturated rings. The molecule has 42 heavy (non-hydrogen) atoms. The first-order valence-corrected chi connectivity index (χ1v) is 16.2. The Labute approximate surface area is 250 Å². The van der Waals surface area contributed by atoms with Gasteiger partial charge in [0.25, 0.3) is 11.8 Å². The molecule has 1 unspecified atom stereocenters. The van der Waals surface area contributed by atoms with Gasteiger partial charge in [-0.2, -0.15) is 11.8 Å². The number of aromatic nitrogens is 1. The Hall–Kier alpha value is -2.89. The topological polar surface area (TPSA) is 108 Å². The number of rotatable bonds is 11. The van der Waals surface area contributed by atoms with Crippen LogP contribution in [0.4, 0.5) is 4.39 Å². The van der Waals surface area contributed by atoms with E-state index in [2.05, 4.69) is 15.6 Å². The van der Waals surface area contributed by atoms with Gasteiger partial charge in [-0.15, -0.1) is 0 Å². The second kappa shape index (κ2) is 15.5. The summed E-state index contributed by atoms with van der Waals surface area (Å²) in [6.45, 7) is 1.43. The molecular weight excluding hydrogens is 561 g/mol. The molecule has 228 valence electrons. The van der Waals surface area contributed by atoms with E-state index < -0.39 is 5.82 Å². The maximum atomic E-state index is 14.0. The van der Waals surface area contributed by atoms with Gasteiger partial charge in [-0.05, 0) is 87.5 Å². The van der Waals surface area contributed by atoms with Crippen molar-refractivity contribution in [2.75, 3.05) is 31.3 Å². The Morgan fingerprint density at radius 1 is 0.929 bits per heavy atom. The summed E-state index contributed by atoms with van der Waals surface area (Å²) in [6, 6.07) is 8.26. The van der Waals surface area contributed by atoms with Crippen molar-refractivity contribution in [1.82, 2.24) is 15.6 Å². The van der Waals surface area contributed by atoms with Crippen LogP contribution in [0.5, 0.6) is 11.6 Å². The molecule has 2 aromatic rings. The van der Waals surface area contributed by atoms with Crippen LogP contribution in [-0.2, 0) is 9.47 Å². The van der Waals surface area contributed by atoms with Gasteiger partial charge in [-0.3, -0.25) is 9.59 Å². The minimum Gasteiger partial charge on any atom is -0.490 e. The van der Waals surface area contributed by atoms with Gasteiger partial charge >= 0.3 is 0 Å². The van der Waals surface area contributed by atoms with Crippen LogP contribution in [0.15, 0.2) is 36.5 Å². The number of pyridine rings is 1. The molecule has 3 heterocycles. The van der Waals surface area contributed by atoms with Gasteiger partial charge in [0, 0.05) is 18.7 Å². The predicted octanol–water partition coefficient (Wildman–Crippen LogP) is 4.89. The molecule has 3 aliphatic rings. The highest BCUT2D eigenvalue weighted by Crippen LogP contribution is 2.26. The third-order valence-corrected chi connectivity index (χ3v) is 8.87. The number of carbonyl (C=O) groups excluding carboxylic acids is 2. The first-order chi connectivity index (χ1) is 20.5.